The van der Waals surface area contributed by atoms with Gasteiger partial charge in [-0.25, -0.2) is 9.07 Å². The zero-order valence-electron chi connectivity index (χ0n) is 16.9. The van der Waals surface area contributed by atoms with E-state index in [1.54, 1.807) is 18.2 Å². The van der Waals surface area contributed by atoms with E-state index >= 15 is 0 Å². The number of thioether (sulfide) groups is 1. The van der Waals surface area contributed by atoms with Crippen LogP contribution in [0.4, 0.5) is 23.2 Å². The lowest BCUT2D eigenvalue weighted by atomic mass is 10.1. The number of nitrogens with two attached hydrogens (primary N) is 1. The largest absolute Gasteiger partial charge is 0.416 e. The lowest BCUT2D eigenvalue weighted by molar-refractivity contribution is -0.137. The number of carbonyl (C=O) groups is 1. The molecule has 0 bridgehead atoms. The molecular weight excluding hydrogens is 498 g/mol. The average Bonchev–Trinajstić information content (AvgIpc) is 3.40. The van der Waals surface area contributed by atoms with Crippen LogP contribution in [-0.2, 0) is 11.0 Å². The number of nitrogens with zero attached hydrogens (tertiary/aromatic N) is 4. The molecule has 2 aromatic carbocycles. The van der Waals surface area contributed by atoms with E-state index in [1.165, 1.54) is 12.1 Å². The van der Waals surface area contributed by atoms with Crippen LogP contribution < -0.4 is 11.2 Å². The van der Waals surface area contributed by atoms with Crippen LogP contribution >= 0.6 is 23.4 Å². The molecule has 4 aromatic rings. The van der Waals surface area contributed by atoms with Gasteiger partial charge in [-0.3, -0.25) is 9.89 Å². The van der Waals surface area contributed by atoms with E-state index in [9.17, 15) is 22.4 Å². The van der Waals surface area contributed by atoms with E-state index in [0.29, 0.717) is 17.0 Å². The Labute approximate surface area is 198 Å². The molecule has 4 rings (SSSR count). The SMILES string of the molecule is Nn1c(SCC(=O)Nc2cc(C(F)(F)F)ccc2Cl)nnc1-c1cc(-c2ccc(F)cc2)n[nH]1. The first-order chi connectivity index (χ1) is 16.1. The summed E-state index contributed by atoms with van der Waals surface area (Å²) in [7, 11) is 0. The van der Waals surface area contributed by atoms with E-state index in [2.05, 4.69) is 25.7 Å². The van der Waals surface area contributed by atoms with Crippen LogP contribution in [-0.4, -0.2) is 36.7 Å². The number of aromatic amines is 1. The van der Waals surface area contributed by atoms with E-state index in [0.717, 1.165) is 34.6 Å². The molecule has 0 spiro atoms. The quantitative estimate of drug-likeness (QED) is 0.198. The van der Waals surface area contributed by atoms with Crippen molar-refractivity contribution in [3.63, 3.8) is 0 Å². The van der Waals surface area contributed by atoms with E-state index < -0.39 is 17.6 Å². The minimum atomic E-state index is -4.57. The average molecular weight is 512 g/mol. The summed E-state index contributed by atoms with van der Waals surface area (Å²) >= 11 is 6.82. The number of hydrogen-bond acceptors (Lipinski definition) is 6. The molecule has 0 aliphatic rings. The number of halogens is 5. The molecule has 0 aliphatic carbocycles. The summed E-state index contributed by atoms with van der Waals surface area (Å²) in [6.07, 6.45) is -4.57. The number of alkyl halides is 3. The van der Waals surface area contributed by atoms with Crippen LogP contribution in [0.15, 0.2) is 53.7 Å². The Morgan fingerprint density at radius 1 is 1.15 bits per heavy atom. The summed E-state index contributed by atoms with van der Waals surface area (Å²) in [5, 5.41) is 17.3. The molecule has 4 N–H and O–H groups in total. The van der Waals surface area contributed by atoms with Crippen LogP contribution in [0.1, 0.15) is 5.56 Å². The lowest BCUT2D eigenvalue weighted by Gasteiger charge is -2.11. The third kappa shape index (κ3) is 5.15. The van der Waals surface area contributed by atoms with Crippen molar-refractivity contribution in [1.82, 2.24) is 25.1 Å². The van der Waals surface area contributed by atoms with Gasteiger partial charge in [-0.1, -0.05) is 23.4 Å². The third-order valence-electron chi connectivity index (χ3n) is 4.52. The summed E-state index contributed by atoms with van der Waals surface area (Å²) < 4.78 is 52.9. The Morgan fingerprint density at radius 2 is 1.88 bits per heavy atom. The van der Waals surface area contributed by atoms with Crippen molar-refractivity contribution in [3.05, 3.63) is 64.9 Å². The number of nitrogen functional groups attached to an aromatic ring is 1. The zero-order valence-corrected chi connectivity index (χ0v) is 18.5. The van der Waals surface area contributed by atoms with Gasteiger partial charge in [-0.15, -0.1) is 10.2 Å². The van der Waals surface area contributed by atoms with Crippen LogP contribution in [0.2, 0.25) is 5.02 Å². The summed E-state index contributed by atoms with van der Waals surface area (Å²) in [6.45, 7) is 0. The number of nitrogens with one attached hydrogen (secondary N) is 2. The number of amides is 1. The molecule has 14 heteroatoms. The second-order valence-corrected chi connectivity index (χ2v) is 8.23. The highest BCUT2D eigenvalue weighted by Crippen LogP contribution is 2.34. The van der Waals surface area contributed by atoms with Gasteiger partial charge < -0.3 is 11.2 Å². The highest BCUT2D eigenvalue weighted by Gasteiger charge is 2.31. The molecule has 2 heterocycles. The zero-order chi connectivity index (χ0) is 24.5. The fourth-order valence-corrected chi connectivity index (χ4v) is 3.70. The molecular formula is C20H14ClF4N7OS. The standard InChI is InChI=1S/C20H14ClF4N7OS/c21-13-6-3-11(20(23,24)25)7-15(13)27-17(33)9-34-19-31-30-18(32(19)26)16-8-14(28-29-16)10-1-4-12(22)5-2-10/h1-8H,9,26H2,(H,27,33)(H,28,29). The van der Waals surface area contributed by atoms with Gasteiger partial charge in [0, 0.05) is 5.56 Å². The van der Waals surface area contributed by atoms with Gasteiger partial charge in [0.05, 0.1) is 27.7 Å². The summed E-state index contributed by atoms with van der Waals surface area (Å²) in [6, 6.07) is 10.0. The molecule has 0 radical (unpaired) electrons. The molecule has 0 fully saturated rings. The normalized spacial score (nSPS) is 11.6. The van der Waals surface area contributed by atoms with E-state index in [-0.39, 0.29) is 33.3 Å². The first-order valence-electron chi connectivity index (χ1n) is 9.43. The molecule has 8 nitrogen and oxygen atoms in total. The predicted octanol–water partition coefficient (Wildman–Crippen LogP) is 4.59. The van der Waals surface area contributed by atoms with Crippen molar-refractivity contribution in [1.29, 1.82) is 0 Å². The first-order valence-corrected chi connectivity index (χ1v) is 10.8. The number of anilines is 1. The van der Waals surface area contributed by atoms with E-state index in [4.69, 9.17) is 17.4 Å². The van der Waals surface area contributed by atoms with Gasteiger partial charge in [0.15, 0.2) is 0 Å². The molecule has 2 aromatic heterocycles. The van der Waals surface area contributed by atoms with Crippen molar-refractivity contribution in [2.24, 2.45) is 0 Å². The fourth-order valence-electron chi connectivity index (χ4n) is 2.88. The highest BCUT2D eigenvalue weighted by molar-refractivity contribution is 7.99. The topological polar surface area (TPSA) is 115 Å². The Balaban J connectivity index is 1.42. The second-order valence-electron chi connectivity index (χ2n) is 6.88. The second kappa shape index (κ2) is 9.35. The van der Waals surface area contributed by atoms with Gasteiger partial charge >= 0.3 is 6.18 Å². The fraction of sp³-hybridized carbons (Fsp3) is 0.100. The maximum absolute atomic E-state index is 13.1. The molecule has 176 valence electrons. The smallest absolute Gasteiger partial charge is 0.335 e. The molecule has 0 unspecified atom stereocenters. The highest BCUT2D eigenvalue weighted by atomic mass is 35.5. The lowest BCUT2D eigenvalue weighted by Crippen LogP contribution is -2.17. The molecule has 0 saturated heterocycles. The number of H-pyrrole nitrogens is 1. The monoisotopic (exact) mass is 511 g/mol. The van der Waals surface area contributed by atoms with Crippen molar-refractivity contribution in [2.45, 2.75) is 11.3 Å². The van der Waals surface area contributed by atoms with Gasteiger partial charge in [0.1, 0.15) is 11.5 Å². The van der Waals surface area contributed by atoms with Gasteiger partial charge in [-0.2, -0.15) is 18.3 Å². The molecule has 1 amide bonds. The first kappa shape index (κ1) is 23.6. The van der Waals surface area contributed by atoms with Crippen molar-refractivity contribution in [3.8, 4) is 22.8 Å². The number of benzene rings is 2. The molecule has 0 saturated carbocycles. The number of hydrogen-bond donors (Lipinski definition) is 3. The number of rotatable bonds is 6. The van der Waals surface area contributed by atoms with Crippen LogP contribution in [0.3, 0.4) is 0 Å². The Hall–Kier alpha value is -3.58. The maximum atomic E-state index is 13.1. The van der Waals surface area contributed by atoms with Crippen LogP contribution in [0.25, 0.3) is 22.8 Å². The Bertz CT molecular complexity index is 1340. The Kier molecular flexibility index (Phi) is 6.48. The number of aromatic nitrogens is 5. The van der Waals surface area contributed by atoms with Gasteiger partial charge in [-0.05, 0) is 48.5 Å². The van der Waals surface area contributed by atoms with Gasteiger partial charge in [0.25, 0.3) is 0 Å². The Morgan fingerprint density at radius 3 is 2.59 bits per heavy atom. The van der Waals surface area contributed by atoms with Crippen LogP contribution in [0.5, 0.6) is 0 Å². The molecule has 0 aliphatic heterocycles. The summed E-state index contributed by atoms with van der Waals surface area (Å²) in [4.78, 5) is 12.3. The molecule has 34 heavy (non-hydrogen) atoms. The predicted molar refractivity (Wildman–Crippen MR) is 119 cm³/mol. The van der Waals surface area contributed by atoms with Crippen LogP contribution in [0, 0.1) is 5.82 Å². The number of carbonyl (C=O) groups excluding carboxylic acids is 1. The summed E-state index contributed by atoms with van der Waals surface area (Å²) in [5.41, 5.74) is 0.533. The minimum Gasteiger partial charge on any atom is -0.335 e. The summed E-state index contributed by atoms with van der Waals surface area (Å²) in [5.74, 6) is 5.05. The van der Waals surface area contributed by atoms with Gasteiger partial charge in [0.2, 0.25) is 16.9 Å². The third-order valence-corrected chi connectivity index (χ3v) is 5.80. The van der Waals surface area contributed by atoms with E-state index in [1.807, 2.05) is 0 Å². The van der Waals surface area contributed by atoms with Crippen molar-refractivity contribution < 1.29 is 22.4 Å². The molecule has 0 atom stereocenters. The minimum absolute atomic E-state index is 0.0353. The van der Waals surface area contributed by atoms with Crippen molar-refractivity contribution in [2.75, 3.05) is 16.9 Å². The maximum Gasteiger partial charge on any atom is 0.416 e. The van der Waals surface area contributed by atoms with Crippen molar-refractivity contribution >= 4 is 35.0 Å².